The fraction of sp³-hybridized carbons (Fsp3) is 0. The molecule has 0 spiro atoms. The van der Waals surface area contributed by atoms with E-state index in [0.717, 1.165) is 0 Å². The summed E-state index contributed by atoms with van der Waals surface area (Å²) in [6.45, 7) is 0. The Hall–Kier alpha value is -1.82. The molecule has 0 aliphatic heterocycles. The molecular formula is C13H7Cl3N4O. The number of aromatic amines is 1. The standard InChI is InChI=1S/C13H7Cl3N4O/c14-7-1-2-10(20-6-11(15)18-19-20)9(5-7)8-3-4-17-13(21)12(8)16/h1-6H,(H,17,21). The predicted molar refractivity (Wildman–Crippen MR) is 82.4 cm³/mol. The minimum atomic E-state index is -0.378. The van der Waals surface area contributed by atoms with Crippen LogP contribution in [0.3, 0.4) is 0 Å². The van der Waals surface area contributed by atoms with Crippen LogP contribution in [0.2, 0.25) is 15.2 Å². The molecule has 106 valence electrons. The van der Waals surface area contributed by atoms with Gasteiger partial charge in [0.15, 0.2) is 5.15 Å². The summed E-state index contributed by atoms with van der Waals surface area (Å²) in [4.78, 5) is 14.2. The summed E-state index contributed by atoms with van der Waals surface area (Å²) in [6, 6.07) is 6.85. The van der Waals surface area contributed by atoms with Crippen LogP contribution < -0.4 is 5.56 Å². The Morgan fingerprint density at radius 3 is 2.62 bits per heavy atom. The first-order valence-electron chi connectivity index (χ1n) is 5.81. The van der Waals surface area contributed by atoms with Crippen molar-refractivity contribution < 1.29 is 0 Å². The zero-order valence-corrected chi connectivity index (χ0v) is 12.6. The highest BCUT2D eigenvalue weighted by molar-refractivity contribution is 6.34. The van der Waals surface area contributed by atoms with E-state index in [1.165, 1.54) is 10.9 Å². The van der Waals surface area contributed by atoms with Gasteiger partial charge in [0.05, 0.1) is 11.9 Å². The molecule has 0 atom stereocenters. The molecule has 5 nitrogen and oxygen atoms in total. The first-order valence-corrected chi connectivity index (χ1v) is 6.95. The van der Waals surface area contributed by atoms with Gasteiger partial charge in [-0.25, -0.2) is 4.68 Å². The molecule has 8 heteroatoms. The van der Waals surface area contributed by atoms with E-state index in [9.17, 15) is 4.79 Å². The third-order valence-electron chi connectivity index (χ3n) is 2.86. The number of hydrogen-bond donors (Lipinski definition) is 1. The number of nitrogens with zero attached hydrogens (tertiary/aromatic N) is 3. The molecule has 3 aromatic rings. The van der Waals surface area contributed by atoms with Crippen molar-refractivity contribution in [2.75, 3.05) is 0 Å². The van der Waals surface area contributed by atoms with Crippen molar-refractivity contribution in [1.29, 1.82) is 0 Å². The average Bonchev–Trinajstić information content (AvgIpc) is 2.88. The van der Waals surface area contributed by atoms with E-state index in [-0.39, 0.29) is 15.7 Å². The van der Waals surface area contributed by atoms with E-state index in [0.29, 0.717) is 21.8 Å². The zero-order valence-electron chi connectivity index (χ0n) is 10.3. The van der Waals surface area contributed by atoms with Gasteiger partial charge in [0.2, 0.25) is 0 Å². The SMILES string of the molecule is O=c1[nH]ccc(-c2cc(Cl)ccc2-n2cc(Cl)nn2)c1Cl. The molecule has 0 unspecified atom stereocenters. The van der Waals surface area contributed by atoms with Gasteiger partial charge in [-0.05, 0) is 24.3 Å². The molecule has 0 aliphatic carbocycles. The van der Waals surface area contributed by atoms with Crippen molar-refractivity contribution in [1.82, 2.24) is 20.0 Å². The lowest BCUT2D eigenvalue weighted by Crippen LogP contribution is -2.07. The van der Waals surface area contributed by atoms with Gasteiger partial charge in [-0.1, -0.05) is 40.0 Å². The number of nitrogens with one attached hydrogen (secondary N) is 1. The Bertz CT molecular complexity index is 872. The zero-order chi connectivity index (χ0) is 15.0. The largest absolute Gasteiger partial charge is 0.328 e. The van der Waals surface area contributed by atoms with Gasteiger partial charge < -0.3 is 4.98 Å². The predicted octanol–water partition coefficient (Wildman–Crippen LogP) is 3.58. The maximum absolute atomic E-state index is 11.7. The molecule has 0 saturated heterocycles. The van der Waals surface area contributed by atoms with Crippen molar-refractivity contribution in [2.45, 2.75) is 0 Å². The maximum atomic E-state index is 11.7. The molecule has 0 aliphatic rings. The quantitative estimate of drug-likeness (QED) is 0.775. The molecule has 0 amide bonds. The first kappa shape index (κ1) is 14.1. The van der Waals surface area contributed by atoms with Gasteiger partial charge in [0.25, 0.3) is 5.56 Å². The average molecular weight is 342 g/mol. The summed E-state index contributed by atoms with van der Waals surface area (Å²) in [5.41, 5.74) is 1.48. The summed E-state index contributed by atoms with van der Waals surface area (Å²) in [5, 5.41) is 8.50. The van der Waals surface area contributed by atoms with Crippen LogP contribution in [0.4, 0.5) is 0 Å². The Morgan fingerprint density at radius 2 is 1.90 bits per heavy atom. The maximum Gasteiger partial charge on any atom is 0.267 e. The van der Waals surface area contributed by atoms with Gasteiger partial charge in [-0.15, -0.1) is 5.10 Å². The van der Waals surface area contributed by atoms with Crippen LogP contribution in [0, 0.1) is 0 Å². The molecule has 3 rings (SSSR count). The molecule has 1 N–H and O–H groups in total. The number of halogens is 3. The Labute approximate surface area is 134 Å². The smallest absolute Gasteiger partial charge is 0.267 e. The number of hydrogen-bond acceptors (Lipinski definition) is 3. The summed E-state index contributed by atoms with van der Waals surface area (Å²) in [6.07, 6.45) is 3.07. The van der Waals surface area contributed by atoms with Crippen LogP contribution in [-0.2, 0) is 0 Å². The lowest BCUT2D eigenvalue weighted by atomic mass is 10.0. The summed E-state index contributed by atoms with van der Waals surface area (Å²) in [5.74, 6) is 0. The van der Waals surface area contributed by atoms with Crippen LogP contribution >= 0.6 is 34.8 Å². The highest BCUT2D eigenvalue weighted by Crippen LogP contribution is 2.32. The van der Waals surface area contributed by atoms with Crippen molar-refractivity contribution in [2.24, 2.45) is 0 Å². The lowest BCUT2D eigenvalue weighted by molar-refractivity contribution is 0.804. The normalized spacial score (nSPS) is 10.8. The Balaban J connectivity index is 2.29. The van der Waals surface area contributed by atoms with Gasteiger partial charge in [-0.2, -0.15) is 0 Å². The number of H-pyrrole nitrogens is 1. The Morgan fingerprint density at radius 1 is 1.10 bits per heavy atom. The molecule has 21 heavy (non-hydrogen) atoms. The minimum Gasteiger partial charge on any atom is -0.328 e. The highest BCUT2D eigenvalue weighted by atomic mass is 35.5. The second-order valence-electron chi connectivity index (χ2n) is 4.18. The molecule has 0 bridgehead atoms. The van der Waals surface area contributed by atoms with Crippen LogP contribution in [0.5, 0.6) is 0 Å². The number of pyridine rings is 1. The van der Waals surface area contributed by atoms with E-state index in [1.54, 1.807) is 30.5 Å². The summed E-state index contributed by atoms with van der Waals surface area (Å²) in [7, 11) is 0. The van der Waals surface area contributed by atoms with Crippen molar-refractivity contribution in [3.63, 3.8) is 0 Å². The van der Waals surface area contributed by atoms with Crippen LogP contribution in [0.15, 0.2) is 41.5 Å². The van der Waals surface area contributed by atoms with Crippen LogP contribution in [0.25, 0.3) is 16.8 Å². The van der Waals surface area contributed by atoms with Crippen LogP contribution in [-0.4, -0.2) is 20.0 Å². The molecular weight excluding hydrogens is 335 g/mol. The van der Waals surface area contributed by atoms with E-state index >= 15 is 0 Å². The number of aromatic nitrogens is 4. The monoisotopic (exact) mass is 340 g/mol. The number of benzene rings is 1. The third kappa shape index (κ3) is 2.68. The van der Waals surface area contributed by atoms with Gasteiger partial charge in [-0.3, -0.25) is 4.79 Å². The van der Waals surface area contributed by atoms with E-state index < -0.39 is 0 Å². The Kier molecular flexibility index (Phi) is 3.71. The molecule has 0 saturated carbocycles. The summed E-state index contributed by atoms with van der Waals surface area (Å²) < 4.78 is 1.49. The molecule has 0 radical (unpaired) electrons. The number of rotatable bonds is 2. The minimum absolute atomic E-state index is 0.0761. The molecule has 2 heterocycles. The van der Waals surface area contributed by atoms with Gasteiger partial charge in [0, 0.05) is 22.3 Å². The van der Waals surface area contributed by atoms with Gasteiger partial charge in [0.1, 0.15) is 5.02 Å². The van der Waals surface area contributed by atoms with E-state index in [1.807, 2.05) is 0 Å². The van der Waals surface area contributed by atoms with Crippen molar-refractivity contribution in [3.8, 4) is 16.8 Å². The van der Waals surface area contributed by atoms with Crippen molar-refractivity contribution in [3.05, 3.63) is 62.2 Å². The fourth-order valence-electron chi connectivity index (χ4n) is 1.95. The molecule has 0 fully saturated rings. The first-order chi connectivity index (χ1) is 10.1. The van der Waals surface area contributed by atoms with Crippen LogP contribution in [0.1, 0.15) is 0 Å². The highest BCUT2D eigenvalue weighted by Gasteiger charge is 2.14. The summed E-state index contributed by atoms with van der Waals surface area (Å²) >= 11 is 17.9. The second-order valence-corrected chi connectivity index (χ2v) is 5.38. The molecule has 1 aromatic carbocycles. The third-order valence-corrected chi connectivity index (χ3v) is 3.64. The topological polar surface area (TPSA) is 63.6 Å². The van der Waals surface area contributed by atoms with E-state index in [2.05, 4.69) is 15.3 Å². The lowest BCUT2D eigenvalue weighted by Gasteiger charge is -2.10. The fourth-order valence-corrected chi connectivity index (χ4v) is 2.47. The second kappa shape index (κ2) is 5.52. The van der Waals surface area contributed by atoms with Crippen molar-refractivity contribution >= 4 is 34.8 Å². The molecule has 2 aromatic heterocycles. The van der Waals surface area contributed by atoms with E-state index in [4.69, 9.17) is 34.8 Å². The van der Waals surface area contributed by atoms with Gasteiger partial charge >= 0.3 is 0 Å².